The monoisotopic (exact) mass is 174 g/mol. The van der Waals surface area contributed by atoms with Crippen LogP contribution in [0.1, 0.15) is 25.7 Å². The summed E-state index contributed by atoms with van der Waals surface area (Å²) in [6.45, 7) is 2.95. The highest BCUT2D eigenvalue weighted by atomic mass is 16.3. The highest BCUT2D eigenvalue weighted by Crippen LogP contribution is 1.99. The molecule has 12 heavy (non-hydrogen) atoms. The molecule has 0 aromatic rings. The summed E-state index contributed by atoms with van der Waals surface area (Å²) in [5, 5.41) is 8.62. The van der Waals surface area contributed by atoms with Gasteiger partial charge in [-0.25, -0.2) is 0 Å². The Hall–Kier alpha value is -0.120. The van der Waals surface area contributed by atoms with Gasteiger partial charge in [-0.2, -0.15) is 0 Å². The number of nitrogens with zero attached hydrogens (tertiary/aromatic N) is 1. The molecule has 0 saturated carbocycles. The fourth-order valence-corrected chi connectivity index (χ4v) is 1.16. The topological polar surface area (TPSA) is 49.5 Å². The van der Waals surface area contributed by atoms with Crippen LogP contribution < -0.4 is 5.73 Å². The lowest BCUT2D eigenvalue weighted by Gasteiger charge is -2.14. The first-order chi connectivity index (χ1) is 5.81. The van der Waals surface area contributed by atoms with Crippen LogP contribution in [0.2, 0.25) is 0 Å². The summed E-state index contributed by atoms with van der Waals surface area (Å²) >= 11 is 0. The minimum atomic E-state index is 0.263. The van der Waals surface area contributed by atoms with Gasteiger partial charge >= 0.3 is 0 Å². The van der Waals surface area contributed by atoms with Gasteiger partial charge in [0, 0.05) is 6.54 Å². The Morgan fingerprint density at radius 1 is 1.08 bits per heavy atom. The van der Waals surface area contributed by atoms with E-state index in [-0.39, 0.29) is 6.61 Å². The SMILES string of the molecule is CN(CCO)CCCCCCN. The van der Waals surface area contributed by atoms with Crippen molar-refractivity contribution in [3.63, 3.8) is 0 Å². The van der Waals surface area contributed by atoms with Gasteiger partial charge in [0.05, 0.1) is 6.61 Å². The fraction of sp³-hybridized carbons (Fsp3) is 1.00. The smallest absolute Gasteiger partial charge is 0.0558 e. The molecule has 0 bridgehead atoms. The predicted molar refractivity (Wildman–Crippen MR) is 52.1 cm³/mol. The van der Waals surface area contributed by atoms with Crippen molar-refractivity contribution in [3.8, 4) is 0 Å². The number of hydrogen-bond donors (Lipinski definition) is 2. The van der Waals surface area contributed by atoms with Crippen molar-refractivity contribution in [2.24, 2.45) is 5.73 Å². The molecule has 0 aromatic heterocycles. The van der Waals surface area contributed by atoms with Crippen molar-refractivity contribution in [2.75, 3.05) is 33.3 Å². The summed E-state index contributed by atoms with van der Waals surface area (Å²) < 4.78 is 0. The van der Waals surface area contributed by atoms with Gasteiger partial charge in [-0.05, 0) is 33.0 Å². The summed E-state index contributed by atoms with van der Waals surface area (Å²) in [6.07, 6.45) is 4.86. The van der Waals surface area contributed by atoms with Gasteiger partial charge in [0.1, 0.15) is 0 Å². The first-order valence-corrected chi connectivity index (χ1v) is 4.80. The Kier molecular flexibility index (Phi) is 8.88. The molecule has 3 heteroatoms. The van der Waals surface area contributed by atoms with Crippen LogP contribution in [0, 0.1) is 0 Å². The molecule has 74 valence electrons. The summed E-state index contributed by atoms with van der Waals surface area (Å²) in [7, 11) is 2.04. The van der Waals surface area contributed by atoms with E-state index in [1.807, 2.05) is 7.05 Å². The van der Waals surface area contributed by atoms with Crippen LogP contribution in [0.4, 0.5) is 0 Å². The molecule has 0 saturated heterocycles. The molecule has 0 fully saturated rings. The minimum absolute atomic E-state index is 0.263. The number of likely N-dealkylation sites (N-methyl/N-ethyl adjacent to an activating group) is 1. The van der Waals surface area contributed by atoms with E-state index in [0.29, 0.717) is 0 Å². The molecule has 0 rings (SSSR count). The standard InChI is InChI=1S/C9H22N2O/c1-11(8-9-12)7-5-3-2-4-6-10/h12H,2-10H2,1H3. The lowest BCUT2D eigenvalue weighted by Crippen LogP contribution is -2.23. The average Bonchev–Trinajstić information content (AvgIpc) is 2.05. The lowest BCUT2D eigenvalue weighted by molar-refractivity contribution is 0.219. The Labute approximate surface area is 75.6 Å². The van der Waals surface area contributed by atoms with Gasteiger partial charge in [0.25, 0.3) is 0 Å². The highest BCUT2D eigenvalue weighted by molar-refractivity contribution is 4.51. The Morgan fingerprint density at radius 2 is 1.75 bits per heavy atom. The molecule has 0 aliphatic carbocycles. The normalized spacial score (nSPS) is 11.0. The maximum absolute atomic E-state index is 8.62. The van der Waals surface area contributed by atoms with Gasteiger partial charge in [0.2, 0.25) is 0 Å². The minimum Gasteiger partial charge on any atom is -0.395 e. The van der Waals surface area contributed by atoms with Crippen molar-refractivity contribution >= 4 is 0 Å². The van der Waals surface area contributed by atoms with Crippen molar-refractivity contribution in [3.05, 3.63) is 0 Å². The van der Waals surface area contributed by atoms with Gasteiger partial charge < -0.3 is 15.7 Å². The van der Waals surface area contributed by atoms with E-state index in [2.05, 4.69) is 4.90 Å². The predicted octanol–water partition coefficient (Wildman–Crippen LogP) is 0.430. The molecule has 0 amide bonds. The molecule has 0 radical (unpaired) electrons. The van der Waals surface area contributed by atoms with Crippen LogP contribution in [0.5, 0.6) is 0 Å². The second kappa shape index (κ2) is 8.97. The van der Waals surface area contributed by atoms with Crippen LogP contribution >= 0.6 is 0 Å². The van der Waals surface area contributed by atoms with E-state index < -0.39 is 0 Å². The molecule has 0 aliphatic rings. The van der Waals surface area contributed by atoms with Crippen molar-refractivity contribution in [1.29, 1.82) is 0 Å². The first-order valence-electron chi connectivity index (χ1n) is 4.80. The number of hydrogen-bond acceptors (Lipinski definition) is 3. The molecule has 0 heterocycles. The fourth-order valence-electron chi connectivity index (χ4n) is 1.16. The van der Waals surface area contributed by atoms with Crippen molar-refractivity contribution in [2.45, 2.75) is 25.7 Å². The first kappa shape index (κ1) is 11.9. The number of nitrogens with two attached hydrogens (primary N) is 1. The van der Waals surface area contributed by atoms with Gasteiger partial charge in [-0.15, -0.1) is 0 Å². The zero-order chi connectivity index (χ0) is 9.23. The maximum Gasteiger partial charge on any atom is 0.0558 e. The van der Waals surface area contributed by atoms with Gasteiger partial charge in [-0.3, -0.25) is 0 Å². The van der Waals surface area contributed by atoms with Gasteiger partial charge in [-0.1, -0.05) is 12.8 Å². The molecule has 3 N–H and O–H groups in total. The second-order valence-electron chi connectivity index (χ2n) is 3.23. The zero-order valence-electron chi connectivity index (χ0n) is 8.13. The summed E-state index contributed by atoms with van der Waals surface area (Å²) in [5.41, 5.74) is 5.37. The third kappa shape index (κ3) is 7.98. The number of aliphatic hydroxyl groups is 1. The van der Waals surface area contributed by atoms with E-state index in [1.54, 1.807) is 0 Å². The summed E-state index contributed by atoms with van der Waals surface area (Å²) in [6, 6.07) is 0. The van der Waals surface area contributed by atoms with Crippen molar-refractivity contribution < 1.29 is 5.11 Å². The molecular formula is C9H22N2O. The molecule has 0 spiro atoms. The second-order valence-corrected chi connectivity index (χ2v) is 3.23. The molecule has 0 atom stereocenters. The third-order valence-electron chi connectivity index (χ3n) is 1.98. The van der Waals surface area contributed by atoms with E-state index in [0.717, 1.165) is 26.1 Å². The quantitative estimate of drug-likeness (QED) is 0.525. The van der Waals surface area contributed by atoms with E-state index in [1.165, 1.54) is 19.3 Å². The average molecular weight is 174 g/mol. The molecular weight excluding hydrogens is 152 g/mol. The van der Waals surface area contributed by atoms with E-state index in [4.69, 9.17) is 10.8 Å². The van der Waals surface area contributed by atoms with E-state index in [9.17, 15) is 0 Å². The lowest BCUT2D eigenvalue weighted by atomic mass is 10.2. The summed E-state index contributed by atoms with van der Waals surface area (Å²) in [5.74, 6) is 0. The van der Waals surface area contributed by atoms with Crippen LogP contribution in [0.3, 0.4) is 0 Å². The van der Waals surface area contributed by atoms with Gasteiger partial charge in [0.15, 0.2) is 0 Å². The zero-order valence-corrected chi connectivity index (χ0v) is 8.13. The van der Waals surface area contributed by atoms with Crippen LogP contribution in [0.15, 0.2) is 0 Å². The maximum atomic E-state index is 8.62. The van der Waals surface area contributed by atoms with Crippen LogP contribution in [0.25, 0.3) is 0 Å². The third-order valence-corrected chi connectivity index (χ3v) is 1.98. The Bertz CT molecular complexity index is 88.6. The molecule has 0 unspecified atom stereocenters. The van der Waals surface area contributed by atoms with E-state index >= 15 is 0 Å². The van der Waals surface area contributed by atoms with Crippen molar-refractivity contribution in [1.82, 2.24) is 4.90 Å². The van der Waals surface area contributed by atoms with Crippen LogP contribution in [-0.2, 0) is 0 Å². The molecule has 0 aliphatic heterocycles. The number of unbranched alkanes of at least 4 members (excludes halogenated alkanes) is 3. The number of aliphatic hydroxyl groups excluding tert-OH is 1. The largest absolute Gasteiger partial charge is 0.395 e. The summed E-state index contributed by atoms with van der Waals surface area (Å²) in [4.78, 5) is 2.16. The molecule has 3 nitrogen and oxygen atoms in total. The Balaban J connectivity index is 2.97. The van der Waals surface area contributed by atoms with Crippen LogP contribution in [-0.4, -0.2) is 43.3 Å². The highest BCUT2D eigenvalue weighted by Gasteiger charge is 1.95. The number of rotatable bonds is 8. The Morgan fingerprint density at radius 3 is 2.33 bits per heavy atom. The molecule has 0 aromatic carbocycles.